The zero-order chi connectivity index (χ0) is 12.0. The second-order valence-corrected chi connectivity index (χ2v) is 4.82. The van der Waals surface area contributed by atoms with Crippen LogP contribution >= 0.6 is 15.9 Å². The molecule has 0 radical (unpaired) electrons. The highest BCUT2D eigenvalue weighted by Gasteiger charge is 2.04. The summed E-state index contributed by atoms with van der Waals surface area (Å²) in [5.41, 5.74) is 1.69. The molecule has 0 atom stereocenters. The summed E-state index contributed by atoms with van der Waals surface area (Å²) in [5.74, 6) is 0.699. The van der Waals surface area contributed by atoms with Crippen molar-refractivity contribution in [2.75, 3.05) is 11.9 Å². The Labute approximate surface area is 106 Å². The van der Waals surface area contributed by atoms with Gasteiger partial charge < -0.3 is 5.32 Å². The molecule has 0 saturated heterocycles. The molecular weight excluding hydrogens is 264 g/mol. The minimum absolute atomic E-state index is 0.682. The SMILES string of the molecule is CCC(CC)CNc1cc(Br)cc(C#N)c1. The zero-order valence-electron chi connectivity index (χ0n) is 9.76. The lowest BCUT2D eigenvalue weighted by molar-refractivity contribution is 0.519. The van der Waals surface area contributed by atoms with Crippen LogP contribution in [0.15, 0.2) is 22.7 Å². The van der Waals surface area contributed by atoms with Crippen molar-refractivity contribution >= 4 is 21.6 Å². The van der Waals surface area contributed by atoms with Gasteiger partial charge in [0.2, 0.25) is 0 Å². The predicted molar refractivity (Wildman–Crippen MR) is 71.4 cm³/mol. The average Bonchev–Trinajstić information content (AvgIpc) is 2.29. The summed E-state index contributed by atoms with van der Waals surface area (Å²) in [7, 11) is 0. The topological polar surface area (TPSA) is 35.8 Å². The molecule has 0 amide bonds. The molecule has 0 unspecified atom stereocenters. The molecule has 16 heavy (non-hydrogen) atoms. The number of nitrogens with one attached hydrogen (secondary N) is 1. The quantitative estimate of drug-likeness (QED) is 0.879. The van der Waals surface area contributed by atoms with Crippen molar-refractivity contribution in [1.82, 2.24) is 0 Å². The molecule has 0 aliphatic carbocycles. The fourth-order valence-electron chi connectivity index (χ4n) is 1.60. The van der Waals surface area contributed by atoms with Crippen LogP contribution in [0.2, 0.25) is 0 Å². The molecule has 0 saturated carbocycles. The molecule has 1 aromatic rings. The molecule has 0 aliphatic heterocycles. The van der Waals surface area contributed by atoms with Gasteiger partial charge in [0.15, 0.2) is 0 Å². The van der Waals surface area contributed by atoms with Gasteiger partial charge in [-0.05, 0) is 24.1 Å². The molecule has 1 N–H and O–H groups in total. The van der Waals surface area contributed by atoms with E-state index in [1.807, 2.05) is 18.2 Å². The first-order valence-electron chi connectivity index (χ1n) is 5.64. The molecule has 2 nitrogen and oxygen atoms in total. The van der Waals surface area contributed by atoms with E-state index in [1.54, 1.807) is 0 Å². The first kappa shape index (κ1) is 13.1. The van der Waals surface area contributed by atoms with E-state index in [-0.39, 0.29) is 0 Å². The van der Waals surface area contributed by atoms with Crippen molar-refractivity contribution < 1.29 is 0 Å². The van der Waals surface area contributed by atoms with Gasteiger partial charge in [0.25, 0.3) is 0 Å². The van der Waals surface area contributed by atoms with Gasteiger partial charge in [0.05, 0.1) is 11.6 Å². The normalized spacial score (nSPS) is 10.2. The number of halogens is 1. The fourth-order valence-corrected chi connectivity index (χ4v) is 2.09. The molecule has 0 aliphatic rings. The van der Waals surface area contributed by atoms with E-state index in [2.05, 4.69) is 41.2 Å². The number of nitriles is 1. The number of benzene rings is 1. The second kappa shape index (κ2) is 6.55. The van der Waals surface area contributed by atoms with E-state index in [9.17, 15) is 0 Å². The molecule has 0 spiro atoms. The van der Waals surface area contributed by atoms with Gasteiger partial charge in [-0.15, -0.1) is 0 Å². The third kappa shape index (κ3) is 3.86. The molecule has 3 heteroatoms. The molecule has 1 aromatic carbocycles. The summed E-state index contributed by atoms with van der Waals surface area (Å²) < 4.78 is 0.943. The van der Waals surface area contributed by atoms with Crippen molar-refractivity contribution in [3.05, 3.63) is 28.2 Å². The van der Waals surface area contributed by atoms with Crippen LogP contribution < -0.4 is 5.32 Å². The Kier molecular flexibility index (Phi) is 5.34. The molecule has 0 aromatic heterocycles. The van der Waals surface area contributed by atoms with Crippen molar-refractivity contribution in [2.45, 2.75) is 26.7 Å². The van der Waals surface area contributed by atoms with Crippen LogP contribution in [0.4, 0.5) is 5.69 Å². The number of rotatable bonds is 5. The van der Waals surface area contributed by atoms with Crippen molar-refractivity contribution in [2.24, 2.45) is 5.92 Å². The van der Waals surface area contributed by atoms with Gasteiger partial charge in [-0.1, -0.05) is 42.6 Å². The van der Waals surface area contributed by atoms with Crippen molar-refractivity contribution in [3.63, 3.8) is 0 Å². The van der Waals surface area contributed by atoms with Gasteiger partial charge in [-0.25, -0.2) is 0 Å². The van der Waals surface area contributed by atoms with E-state index >= 15 is 0 Å². The van der Waals surface area contributed by atoms with E-state index in [1.165, 1.54) is 12.8 Å². The minimum Gasteiger partial charge on any atom is -0.385 e. The molecule has 0 heterocycles. The third-order valence-corrected chi connectivity index (χ3v) is 3.23. The first-order chi connectivity index (χ1) is 7.69. The maximum atomic E-state index is 8.86. The van der Waals surface area contributed by atoms with E-state index in [0.717, 1.165) is 16.7 Å². The summed E-state index contributed by atoms with van der Waals surface area (Å²) >= 11 is 3.40. The molecular formula is C13H17BrN2. The van der Waals surface area contributed by atoms with Gasteiger partial charge >= 0.3 is 0 Å². The Bertz CT molecular complexity index is 378. The monoisotopic (exact) mass is 280 g/mol. The van der Waals surface area contributed by atoms with E-state index in [4.69, 9.17) is 5.26 Å². The molecule has 0 fully saturated rings. The Morgan fingerprint density at radius 1 is 1.31 bits per heavy atom. The van der Waals surface area contributed by atoms with Crippen molar-refractivity contribution in [3.8, 4) is 6.07 Å². The smallest absolute Gasteiger partial charge is 0.0992 e. The average molecular weight is 281 g/mol. The van der Waals surface area contributed by atoms with Crippen LogP contribution in [0.5, 0.6) is 0 Å². The first-order valence-corrected chi connectivity index (χ1v) is 6.43. The van der Waals surface area contributed by atoms with Crippen LogP contribution in [0, 0.1) is 17.2 Å². The molecule has 86 valence electrons. The number of nitrogens with zero attached hydrogens (tertiary/aromatic N) is 1. The zero-order valence-corrected chi connectivity index (χ0v) is 11.3. The summed E-state index contributed by atoms with van der Waals surface area (Å²) in [6, 6.07) is 7.86. The van der Waals surface area contributed by atoms with Crippen LogP contribution in [0.25, 0.3) is 0 Å². The van der Waals surface area contributed by atoms with Gasteiger partial charge in [-0.2, -0.15) is 5.26 Å². The van der Waals surface area contributed by atoms with Gasteiger partial charge in [-0.3, -0.25) is 0 Å². The summed E-state index contributed by atoms with van der Waals surface area (Å²) in [4.78, 5) is 0. The number of anilines is 1. The van der Waals surface area contributed by atoms with Crippen LogP contribution in [0.1, 0.15) is 32.3 Å². The van der Waals surface area contributed by atoms with Crippen LogP contribution in [-0.4, -0.2) is 6.54 Å². The van der Waals surface area contributed by atoms with Crippen LogP contribution in [0.3, 0.4) is 0 Å². The molecule has 1 rings (SSSR count). The number of hydrogen-bond donors (Lipinski definition) is 1. The standard InChI is InChI=1S/C13H17BrN2/c1-3-10(4-2)9-16-13-6-11(8-15)5-12(14)7-13/h5-7,10,16H,3-4,9H2,1-2H3. The third-order valence-electron chi connectivity index (χ3n) is 2.78. The Morgan fingerprint density at radius 2 is 2.00 bits per heavy atom. The minimum atomic E-state index is 0.682. The number of hydrogen-bond acceptors (Lipinski definition) is 2. The second-order valence-electron chi connectivity index (χ2n) is 3.90. The summed E-state index contributed by atoms with van der Waals surface area (Å²) in [6.45, 7) is 5.38. The molecule has 0 bridgehead atoms. The van der Waals surface area contributed by atoms with Gasteiger partial charge in [0, 0.05) is 16.7 Å². The van der Waals surface area contributed by atoms with E-state index in [0.29, 0.717) is 11.5 Å². The Balaban J connectivity index is 2.67. The van der Waals surface area contributed by atoms with Gasteiger partial charge in [0.1, 0.15) is 0 Å². The highest BCUT2D eigenvalue weighted by atomic mass is 79.9. The largest absolute Gasteiger partial charge is 0.385 e. The summed E-state index contributed by atoms with van der Waals surface area (Å²) in [6.07, 6.45) is 2.37. The lowest BCUT2D eigenvalue weighted by Crippen LogP contribution is -2.12. The summed E-state index contributed by atoms with van der Waals surface area (Å²) in [5, 5.41) is 12.2. The van der Waals surface area contributed by atoms with E-state index < -0.39 is 0 Å². The lowest BCUT2D eigenvalue weighted by atomic mass is 10.0. The maximum Gasteiger partial charge on any atom is 0.0992 e. The Morgan fingerprint density at radius 3 is 2.56 bits per heavy atom. The highest BCUT2D eigenvalue weighted by molar-refractivity contribution is 9.10. The lowest BCUT2D eigenvalue weighted by Gasteiger charge is -2.14. The highest BCUT2D eigenvalue weighted by Crippen LogP contribution is 2.20. The fraction of sp³-hybridized carbons (Fsp3) is 0.462. The Hall–Kier alpha value is -1.01. The van der Waals surface area contributed by atoms with Crippen molar-refractivity contribution in [1.29, 1.82) is 5.26 Å². The maximum absolute atomic E-state index is 8.86. The van der Waals surface area contributed by atoms with Crippen LogP contribution in [-0.2, 0) is 0 Å². The predicted octanol–water partition coefficient (Wildman–Crippen LogP) is 4.17.